The van der Waals surface area contributed by atoms with E-state index in [4.69, 9.17) is 9.47 Å². The molecule has 0 N–H and O–H groups in total. The van der Waals surface area contributed by atoms with Gasteiger partial charge in [0.2, 0.25) is 0 Å². The van der Waals surface area contributed by atoms with Gasteiger partial charge in [-0.05, 0) is 25.8 Å². The van der Waals surface area contributed by atoms with Crippen LogP contribution in [0.3, 0.4) is 0 Å². The van der Waals surface area contributed by atoms with Crippen molar-refractivity contribution in [1.29, 1.82) is 0 Å². The third-order valence-corrected chi connectivity index (χ3v) is 4.33. The first-order chi connectivity index (χ1) is 11.8. The van der Waals surface area contributed by atoms with Crippen molar-refractivity contribution in [2.75, 3.05) is 13.7 Å². The van der Waals surface area contributed by atoms with Gasteiger partial charge in [0.15, 0.2) is 5.76 Å². The molecule has 0 saturated carbocycles. The lowest BCUT2D eigenvalue weighted by Crippen LogP contribution is -2.09. The average molecular weight is 341 g/mol. The number of carbonyl (C=O) groups is 1. The lowest BCUT2D eigenvalue weighted by atomic mass is 10.0. The summed E-state index contributed by atoms with van der Waals surface area (Å²) in [6.45, 7) is 4.46. The van der Waals surface area contributed by atoms with Gasteiger partial charge in [-0.25, -0.2) is 4.79 Å². The molecular formula is C21H40O3. The minimum absolute atomic E-state index is 0.343. The summed E-state index contributed by atoms with van der Waals surface area (Å²) in [5.74, 6) is -0.00881. The second-order valence-electron chi connectivity index (χ2n) is 6.52. The Morgan fingerprint density at radius 2 is 1.21 bits per heavy atom. The highest BCUT2D eigenvalue weighted by Crippen LogP contribution is 2.13. The Hall–Kier alpha value is -0.990. The minimum Gasteiger partial charge on any atom is -0.490 e. The van der Waals surface area contributed by atoms with Crippen LogP contribution in [0.4, 0.5) is 0 Å². The van der Waals surface area contributed by atoms with Crippen LogP contribution < -0.4 is 0 Å². The molecule has 0 saturated heterocycles. The number of hydrogen-bond donors (Lipinski definition) is 0. The second kappa shape index (κ2) is 18.4. The van der Waals surface area contributed by atoms with E-state index in [1.807, 2.05) is 6.08 Å². The van der Waals surface area contributed by atoms with Crippen molar-refractivity contribution >= 4 is 5.97 Å². The van der Waals surface area contributed by atoms with Crippen LogP contribution in [0.25, 0.3) is 0 Å². The van der Waals surface area contributed by atoms with E-state index in [1.54, 1.807) is 6.92 Å². The molecule has 0 aliphatic rings. The molecule has 0 aromatic carbocycles. The molecule has 0 spiro atoms. The molecule has 3 nitrogen and oxygen atoms in total. The van der Waals surface area contributed by atoms with Gasteiger partial charge in [-0.3, -0.25) is 0 Å². The number of allylic oxidation sites excluding steroid dienone is 1. The van der Waals surface area contributed by atoms with Crippen LogP contribution in [0.15, 0.2) is 11.8 Å². The maximum atomic E-state index is 11.5. The summed E-state index contributed by atoms with van der Waals surface area (Å²) in [7, 11) is 1.52. The smallest absolute Gasteiger partial charge is 0.373 e. The highest BCUT2D eigenvalue weighted by Gasteiger charge is 2.09. The Morgan fingerprint density at radius 1 is 0.750 bits per heavy atom. The topological polar surface area (TPSA) is 35.5 Å². The Labute approximate surface area is 150 Å². The van der Waals surface area contributed by atoms with Crippen molar-refractivity contribution in [2.45, 2.75) is 104 Å². The number of hydrogen-bond acceptors (Lipinski definition) is 3. The molecule has 0 fully saturated rings. The van der Waals surface area contributed by atoms with Gasteiger partial charge in [0.25, 0.3) is 0 Å². The summed E-state index contributed by atoms with van der Waals surface area (Å²) >= 11 is 0. The summed E-state index contributed by atoms with van der Waals surface area (Å²) in [5.41, 5.74) is 0. The molecule has 0 amide bonds. The van der Waals surface area contributed by atoms with Crippen LogP contribution >= 0.6 is 0 Å². The molecule has 0 aliphatic heterocycles. The van der Waals surface area contributed by atoms with Gasteiger partial charge in [0, 0.05) is 0 Å². The first-order valence-corrected chi connectivity index (χ1v) is 10.2. The SMILES string of the molecule is CCCCCCCCCCCCCCCC=C(OC)C(=O)OCC. The van der Waals surface area contributed by atoms with Crippen LogP contribution in [-0.4, -0.2) is 19.7 Å². The first-order valence-electron chi connectivity index (χ1n) is 10.2. The van der Waals surface area contributed by atoms with Gasteiger partial charge < -0.3 is 9.47 Å². The minimum atomic E-state index is -0.352. The Balaban J connectivity index is 3.37. The number of esters is 1. The van der Waals surface area contributed by atoms with Crippen LogP contribution in [0, 0.1) is 0 Å². The Kier molecular flexibility index (Phi) is 17.6. The second-order valence-corrected chi connectivity index (χ2v) is 6.52. The molecule has 0 unspecified atom stereocenters. The number of unbranched alkanes of at least 4 members (excludes halogenated alkanes) is 13. The molecule has 0 heterocycles. The van der Waals surface area contributed by atoms with Crippen LogP contribution in [0.1, 0.15) is 104 Å². The standard InChI is InChI=1S/C21H40O3/c1-4-6-7-8-9-10-11-12-13-14-15-16-17-18-19-20(23-3)21(22)24-5-2/h19H,4-18H2,1-3H3. The summed E-state index contributed by atoms with van der Waals surface area (Å²) < 4.78 is 10.00. The fourth-order valence-electron chi connectivity index (χ4n) is 2.85. The highest BCUT2D eigenvalue weighted by atomic mass is 16.6. The largest absolute Gasteiger partial charge is 0.490 e. The quantitative estimate of drug-likeness (QED) is 0.130. The number of methoxy groups -OCH3 is 1. The van der Waals surface area contributed by atoms with Crippen LogP contribution in [0.5, 0.6) is 0 Å². The molecule has 0 atom stereocenters. The molecule has 24 heavy (non-hydrogen) atoms. The van der Waals surface area contributed by atoms with Gasteiger partial charge in [0.05, 0.1) is 13.7 Å². The molecule has 0 rings (SSSR count). The zero-order valence-corrected chi connectivity index (χ0v) is 16.4. The monoisotopic (exact) mass is 340 g/mol. The van der Waals surface area contributed by atoms with E-state index in [-0.39, 0.29) is 5.97 Å². The molecule has 142 valence electrons. The van der Waals surface area contributed by atoms with Gasteiger partial charge in [-0.1, -0.05) is 84.0 Å². The fourth-order valence-corrected chi connectivity index (χ4v) is 2.85. The number of rotatable bonds is 17. The van der Waals surface area contributed by atoms with Crippen molar-refractivity contribution < 1.29 is 14.3 Å². The van der Waals surface area contributed by atoms with Gasteiger partial charge in [0.1, 0.15) is 0 Å². The predicted molar refractivity (Wildman–Crippen MR) is 102 cm³/mol. The van der Waals surface area contributed by atoms with E-state index in [0.717, 1.165) is 12.8 Å². The Bertz CT molecular complexity index is 310. The van der Waals surface area contributed by atoms with Crippen molar-refractivity contribution in [1.82, 2.24) is 0 Å². The van der Waals surface area contributed by atoms with Crippen LogP contribution in [-0.2, 0) is 14.3 Å². The number of carbonyl (C=O) groups excluding carboxylic acids is 1. The molecule has 0 radical (unpaired) electrons. The van der Waals surface area contributed by atoms with E-state index in [1.165, 1.54) is 84.2 Å². The average Bonchev–Trinajstić information content (AvgIpc) is 2.58. The lowest BCUT2D eigenvalue weighted by molar-refractivity contribution is -0.142. The summed E-state index contributed by atoms with van der Waals surface area (Å²) in [6.07, 6.45) is 20.3. The zero-order chi connectivity index (χ0) is 17.9. The third kappa shape index (κ3) is 14.6. The molecule has 0 aromatic heterocycles. The van der Waals surface area contributed by atoms with E-state index in [0.29, 0.717) is 12.4 Å². The van der Waals surface area contributed by atoms with Crippen molar-refractivity contribution in [3.8, 4) is 0 Å². The first kappa shape index (κ1) is 23.0. The van der Waals surface area contributed by atoms with E-state index in [2.05, 4.69) is 6.92 Å². The molecule has 0 aliphatic carbocycles. The lowest BCUT2D eigenvalue weighted by Gasteiger charge is -2.05. The van der Waals surface area contributed by atoms with Crippen LogP contribution in [0.2, 0.25) is 0 Å². The predicted octanol–water partition coefficient (Wildman–Crippen LogP) is 6.56. The summed E-state index contributed by atoms with van der Waals surface area (Å²) in [6, 6.07) is 0. The Morgan fingerprint density at radius 3 is 1.62 bits per heavy atom. The number of ether oxygens (including phenoxy) is 2. The fraction of sp³-hybridized carbons (Fsp3) is 0.857. The summed E-state index contributed by atoms with van der Waals surface area (Å²) in [4.78, 5) is 11.5. The van der Waals surface area contributed by atoms with Crippen molar-refractivity contribution in [3.63, 3.8) is 0 Å². The van der Waals surface area contributed by atoms with E-state index in [9.17, 15) is 4.79 Å². The van der Waals surface area contributed by atoms with Gasteiger partial charge in [-0.15, -0.1) is 0 Å². The van der Waals surface area contributed by atoms with Gasteiger partial charge in [-0.2, -0.15) is 0 Å². The summed E-state index contributed by atoms with van der Waals surface area (Å²) in [5, 5.41) is 0. The maximum absolute atomic E-state index is 11.5. The zero-order valence-electron chi connectivity index (χ0n) is 16.4. The molecule has 3 heteroatoms. The molecular weight excluding hydrogens is 300 g/mol. The van der Waals surface area contributed by atoms with Gasteiger partial charge >= 0.3 is 5.97 Å². The normalized spacial score (nSPS) is 11.5. The van der Waals surface area contributed by atoms with E-state index < -0.39 is 0 Å². The molecule has 0 aromatic rings. The van der Waals surface area contributed by atoms with Crippen molar-refractivity contribution in [2.24, 2.45) is 0 Å². The van der Waals surface area contributed by atoms with E-state index >= 15 is 0 Å². The highest BCUT2D eigenvalue weighted by molar-refractivity contribution is 5.86. The van der Waals surface area contributed by atoms with Crippen molar-refractivity contribution in [3.05, 3.63) is 11.8 Å². The maximum Gasteiger partial charge on any atom is 0.373 e. The third-order valence-electron chi connectivity index (χ3n) is 4.33. The molecule has 0 bridgehead atoms.